The molecule has 1 aromatic rings. The lowest BCUT2D eigenvalue weighted by Crippen LogP contribution is -2.45. The van der Waals surface area contributed by atoms with Crippen LogP contribution < -0.4 is 5.32 Å². The van der Waals surface area contributed by atoms with Crippen molar-refractivity contribution in [1.29, 1.82) is 0 Å². The van der Waals surface area contributed by atoms with E-state index in [1.165, 1.54) is 0 Å². The summed E-state index contributed by atoms with van der Waals surface area (Å²) in [6.45, 7) is 2.53. The summed E-state index contributed by atoms with van der Waals surface area (Å²) in [4.78, 5) is 28.2. The monoisotopic (exact) mass is 317 g/mol. The Morgan fingerprint density at radius 2 is 2.00 bits per heavy atom. The van der Waals surface area contributed by atoms with Crippen molar-refractivity contribution in [1.82, 2.24) is 15.1 Å². The van der Waals surface area contributed by atoms with E-state index in [-0.39, 0.29) is 29.8 Å². The van der Waals surface area contributed by atoms with Crippen molar-refractivity contribution in [2.45, 2.75) is 31.8 Å². The van der Waals surface area contributed by atoms with Crippen LogP contribution in [-0.4, -0.2) is 55.3 Å². The van der Waals surface area contributed by atoms with E-state index in [9.17, 15) is 9.59 Å². The molecule has 23 heavy (non-hydrogen) atoms. The predicted molar refractivity (Wildman–Crippen MR) is 90.8 cm³/mol. The first kappa shape index (κ1) is 17.5. The molecule has 1 heterocycles. The van der Waals surface area contributed by atoms with Gasteiger partial charge in [0.2, 0.25) is 11.8 Å². The van der Waals surface area contributed by atoms with Gasteiger partial charge in [-0.3, -0.25) is 14.5 Å². The van der Waals surface area contributed by atoms with Gasteiger partial charge in [-0.05, 0) is 26.1 Å². The standard InChI is InChI=1S/C18H27N3O2/c1-5-15(20(2)3)18(23)19-12-14-11-16(22)21(4)17(14)13-9-7-6-8-10-13/h6-10,14-15,17H,5,11-12H2,1-4H3,(H,19,23). The third kappa shape index (κ3) is 3.91. The average molecular weight is 317 g/mol. The van der Waals surface area contributed by atoms with Crippen LogP contribution in [0.15, 0.2) is 30.3 Å². The van der Waals surface area contributed by atoms with Gasteiger partial charge in [0.15, 0.2) is 0 Å². The van der Waals surface area contributed by atoms with Crippen LogP contribution in [0.4, 0.5) is 0 Å². The highest BCUT2D eigenvalue weighted by Crippen LogP contribution is 2.36. The van der Waals surface area contributed by atoms with Gasteiger partial charge >= 0.3 is 0 Å². The van der Waals surface area contributed by atoms with Gasteiger partial charge in [-0.15, -0.1) is 0 Å². The van der Waals surface area contributed by atoms with E-state index in [0.717, 1.165) is 12.0 Å². The van der Waals surface area contributed by atoms with Crippen LogP contribution in [-0.2, 0) is 9.59 Å². The Hall–Kier alpha value is -1.88. The van der Waals surface area contributed by atoms with Crippen LogP contribution in [0.3, 0.4) is 0 Å². The number of hydrogen-bond donors (Lipinski definition) is 1. The number of amides is 2. The molecule has 1 saturated heterocycles. The number of benzene rings is 1. The van der Waals surface area contributed by atoms with Crippen LogP contribution in [0.25, 0.3) is 0 Å². The summed E-state index contributed by atoms with van der Waals surface area (Å²) >= 11 is 0. The normalized spacial score (nSPS) is 22.5. The van der Waals surface area contributed by atoms with Crippen LogP contribution >= 0.6 is 0 Å². The Bertz CT molecular complexity index is 544. The molecule has 3 atom stereocenters. The third-order valence-corrected chi connectivity index (χ3v) is 4.69. The number of nitrogens with zero attached hydrogens (tertiary/aromatic N) is 2. The first-order chi connectivity index (χ1) is 11.0. The first-order valence-electron chi connectivity index (χ1n) is 8.20. The molecule has 1 aliphatic rings. The molecule has 0 aliphatic carbocycles. The summed E-state index contributed by atoms with van der Waals surface area (Å²) in [7, 11) is 5.66. The van der Waals surface area contributed by atoms with Crippen molar-refractivity contribution >= 4 is 11.8 Å². The van der Waals surface area contributed by atoms with E-state index in [4.69, 9.17) is 0 Å². The minimum absolute atomic E-state index is 0.0310. The molecule has 1 fully saturated rings. The average Bonchev–Trinajstić information content (AvgIpc) is 2.81. The second-order valence-electron chi connectivity index (χ2n) is 6.46. The SMILES string of the molecule is CCC(C(=O)NCC1CC(=O)N(C)C1c1ccccc1)N(C)C. The smallest absolute Gasteiger partial charge is 0.237 e. The lowest BCUT2D eigenvalue weighted by atomic mass is 9.93. The summed E-state index contributed by atoms with van der Waals surface area (Å²) in [6.07, 6.45) is 1.25. The molecule has 3 unspecified atom stereocenters. The molecule has 2 amide bonds. The zero-order valence-electron chi connectivity index (χ0n) is 14.5. The van der Waals surface area contributed by atoms with Crippen LogP contribution in [0.2, 0.25) is 0 Å². The largest absolute Gasteiger partial charge is 0.354 e. The fourth-order valence-electron chi connectivity index (χ4n) is 3.42. The van der Waals surface area contributed by atoms with Gasteiger partial charge in [-0.1, -0.05) is 37.3 Å². The van der Waals surface area contributed by atoms with Crippen LogP contribution in [0.5, 0.6) is 0 Å². The lowest BCUT2D eigenvalue weighted by molar-refractivity contribution is -0.128. The number of rotatable bonds is 6. The van der Waals surface area contributed by atoms with Gasteiger partial charge in [-0.2, -0.15) is 0 Å². The fraction of sp³-hybridized carbons (Fsp3) is 0.556. The molecule has 1 aromatic carbocycles. The fourth-order valence-corrected chi connectivity index (χ4v) is 3.42. The van der Waals surface area contributed by atoms with E-state index in [1.54, 1.807) is 4.90 Å². The Morgan fingerprint density at radius 3 is 2.57 bits per heavy atom. The molecule has 0 aromatic heterocycles. The molecule has 0 spiro atoms. The number of carbonyl (C=O) groups excluding carboxylic acids is 2. The molecule has 0 saturated carbocycles. The van der Waals surface area contributed by atoms with Crippen molar-refractivity contribution in [3.8, 4) is 0 Å². The van der Waals surface area contributed by atoms with E-state index >= 15 is 0 Å². The Morgan fingerprint density at radius 1 is 1.35 bits per heavy atom. The highest BCUT2D eigenvalue weighted by Gasteiger charge is 2.38. The zero-order valence-corrected chi connectivity index (χ0v) is 14.5. The van der Waals surface area contributed by atoms with E-state index in [1.807, 2.05) is 63.3 Å². The minimum atomic E-state index is -0.125. The number of likely N-dealkylation sites (tertiary alicyclic amines) is 1. The summed E-state index contributed by atoms with van der Waals surface area (Å²) in [5, 5.41) is 3.04. The highest BCUT2D eigenvalue weighted by molar-refractivity contribution is 5.82. The van der Waals surface area contributed by atoms with Gasteiger partial charge in [-0.25, -0.2) is 0 Å². The molecular formula is C18H27N3O2. The first-order valence-corrected chi connectivity index (χ1v) is 8.20. The third-order valence-electron chi connectivity index (χ3n) is 4.69. The number of nitrogens with one attached hydrogen (secondary N) is 1. The van der Waals surface area contributed by atoms with Crippen molar-refractivity contribution < 1.29 is 9.59 Å². The maximum Gasteiger partial charge on any atom is 0.237 e. The Kier molecular flexibility index (Phi) is 5.77. The second kappa shape index (κ2) is 7.59. The zero-order chi connectivity index (χ0) is 17.0. The molecule has 1 aliphatic heterocycles. The van der Waals surface area contributed by atoms with Crippen molar-refractivity contribution in [2.24, 2.45) is 5.92 Å². The van der Waals surface area contributed by atoms with E-state index < -0.39 is 0 Å². The van der Waals surface area contributed by atoms with Crippen molar-refractivity contribution in [3.63, 3.8) is 0 Å². The van der Waals surface area contributed by atoms with Gasteiger partial charge < -0.3 is 10.2 Å². The van der Waals surface area contributed by atoms with Gasteiger partial charge in [0.05, 0.1) is 12.1 Å². The topological polar surface area (TPSA) is 52.7 Å². The highest BCUT2D eigenvalue weighted by atomic mass is 16.2. The minimum Gasteiger partial charge on any atom is -0.354 e. The summed E-state index contributed by atoms with van der Waals surface area (Å²) in [6, 6.07) is 9.94. The molecule has 126 valence electrons. The predicted octanol–water partition coefficient (Wildman–Crippen LogP) is 1.66. The Labute approximate surface area is 138 Å². The van der Waals surface area contributed by atoms with Crippen LogP contribution in [0.1, 0.15) is 31.4 Å². The van der Waals surface area contributed by atoms with Gasteiger partial charge in [0.25, 0.3) is 0 Å². The summed E-state index contributed by atoms with van der Waals surface area (Å²) < 4.78 is 0. The van der Waals surface area contributed by atoms with Crippen LogP contribution in [0, 0.1) is 5.92 Å². The quantitative estimate of drug-likeness (QED) is 0.868. The maximum atomic E-state index is 12.3. The van der Waals surface area contributed by atoms with Crippen molar-refractivity contribution in [3.05, 3.63) is 35.9 Å². The van der Waals surface area contributed by atoms with E-state index in [0.29, 0.717) is 13.0 Å². The molecule has 5 nitrogen and oxygen atoms in total. The molecule has 0 bridgehead atoms. The lowest BCUT2D eigenvalue weighted by Gasteiger charge is -2.27. The number of hydrogen-bond acceptors (Lipinski definition) is 3. The maximum absolute atomic E-state index is 12.3. The molecular weight excluding hydrogens is 290 g/mol. The summed E-state index contributed by atoms with van der Waals surface area (Å²) in [5.74, 6) is 0.280. The number of carbonyl (C=O) groups is 2. The molecule has 0 radical (unpaired) electrons. The molecule has 2 rings (SSSR count). The second-order valence-corrected chi connectivity index (χ2v) is 6.46. The molecule has 1 N–H and O–H groups in total. The Balaban J connectivity index is 2.06. The van der Waals surface area contributed by atoms with E-state index in [2.05, 4.69) is 5.32 Å². The number of likely N-dealkylation sites (N-methyl/N-ethyl adjacent to an activating group) is 1. The molecule has 5 heteroatoms. The van der Waals surface area contributed by atoms with Gasteiger partial charge in [0.1, 0.15) is 0 Å². The van der Waals surface area contributed by atoms with Crippen molar-refractivity contribution in [2.75, 3.05) is 27.7 Å². The summed E-state index contributed by atoms with van der Waals surface area (Å²) in [5.41, 5.74) is 1.12. The van der Waals surface area contributed by atoms with Gasteiger partial charge in [0, 0.05) is 25.9 Å².